The molecule has 0 aromatic carbocycles. The molecule has 0 bridgehead atoms. The second kappa shape index (κ2) is 70.1. The van der Waals surface area contributed by atoms with Gasteiger partial charge in [0.25, 0.3) is 0 Å². The van der Waals surface area contributed by atoms with Crippen LogP contribution in [-0.2, 0) is 28.6 Å². The molecule has 0 fully saturated rings. The van der Waals surface area contributed by atoms with Gasteiger partial charge in [0, 0.05) is 19.3 Å². The van der Waals surface area contributed by atoms with Crippen molar-refractivity contribution in [1.29, 1.82) is 0 Å². The summed E-state index contributed by atoms with van der Waals surface area (Å²) in [6.45, 7) is 6.55. The Morgan fingerprint density at radius 1 is 0.256 bits per heavy atom. The van der Waals surface area contributed by atoms with Crippen LogP contribution in [0.3, 0.4) is 0 Å². The molecule has 6 heteroatoms. The number of rotatable bonds is 65. The molecule has 0 amide bonds. The van der Waals surface area contributed by atoms with Crippen molar-refractivity contribution in [2.45, 2.75) is 367 Å². The molecular formula is C76H134O6. The summed E-state index contributed by atoms with van der Waals surface area (Å²) in [5, 5.41) is 0. The largest absolute Gasteiger partial charge is 0.462 e. The maximum absolute atomic E-state index is 13.0. The van der Waals surface area contributed by atoms with E-state index in [1.807, 2.05) is 0 Å². The molecule has 0 saturated heterocycles. The van der Waals surface area contributed by atoms with E-state index in [2.05, 4.69) is 106 Å². The summed E-state index contributed by atoms with van der Waals surface area (Å²) in [4.78, 5) is 38.5. The number of carbonyl (C=O) groups is 3. The summed E-state index contributed by atoms with van der Waals surface area (Å²) < 4.78 is 17.0. The summed E-state index contributed by atoms with van der Waals surface area (Å²) >= 11 is 0. The van der Waals surface area contributed by atoms with Crippen LogP contribution in [0.2, 0.25) is 0 Å². The predicted molar refractivity (Wildman–Crippen MR) is 358 cm³/mol. The Morgan fingerprint density at radius 2 is 0.476 bits per heavy atom. The predicted octanol–water partition coefficient (Wildman–Crippen LogP) is 24.6. The van der Waals surface area contributed by atoms with Crippen LogP contribution in [0.1, 0.15) is 361 Å². The lowest BCUT2D eigenvalue weighted by atomic mass is 10.0. The van der Waals surface area contributed by atoms with Crippen molar-refractivity contribution in [3.63, 3.8) is 0 Å². The van der Waals surface area contributed by atoms with Crippen LogP contribution in [0.5, 0.6) is 0 Å². The molecular weight excluding hydrogens is 1010 g/mol. The molecule has 82 heavy (non-hydrogen) atoms. The minimum Gasteiger partial charge on any atom is -0.462 e. The number of unbranched alkanes of at least 4 members (excludes halogenated alkanes) is 40. The molecule has 0 aliphatic heterocycles. The van der Waals surface area contributed by atoms with Gasteiger partial charge in [0.05, 0.1) is 0 Å². The first-order valence-electron chi connectivity index (χ1n) is 35.6. The minimum absolute atomic E-state index is 0.0816. The summed E-state index contributed by atoms with van der Waals surface area (Å²) in [5.74, 6) is -0.882. The molecule has 0 N–H and O–H groups in total. The first kappa shape index (κ1) is 78.6. The summed E-state index contributed by atoms with van der Waals surface area (Å²) in [6, 6.07) is 0. The van der Waals surface area contributed by atoms with Gasteiger partial charge in [-0.1, -0.05) is 311 Å². The van der Waals surface area contributed by atoms with Crippen molar-refractivity contribution in [2.75, 3.05) is 13.2 Å². The van der Waals surface area contributed by atoms with Gasteiger partial charge in [-0.05, 0) is 116 Å². The molecule has 0 radical (unpaired) electrons. The van der Waals surface area contributed by atoms with Crippen LogP contribution < -0.4 is 0 Å². The number of hydrogen-bond donors (Lipinski definition) is 0. The Kier molecular flexibility index (Phi) is 67.2. The lowest BCUT2D eigenvalue weighted by Crippen LogP contribution is -2.30. The Morgan fingerprint density at radius 3 is 0.756 bits per heavy atom. The Hall–Kier alpha value is -3.41. The van der Waals surface area contributed by atoms with Crippen LogP contribution in [0.25, 0.3) is 0 Å². The molecule has 474 valence electrons. The highest BCUT2D eigenvalue weighted by molar-refractivity contribution is 5.71. The van der Waals surface area contributed by atoms with Crippen LogP contribution in [0, 0.1) is 0 Å². The smallest absolute Gasteiger partial charge is 0.306 e. The number of ether oxygens (including phenoxy) is 3. The molecule has 0 saturated carbocycles. The van der Waals surface area contributed by atoms with Gasteiger partial charge in [0.2, 0.25) is 0 Å². The van der Waals surface area contributed by atoms with Crippen molar-refractivity contribution in [2.24, 2.45) is 0 Å². The third-order valence-corrected chi connectivity index (χ3v) is 15.6. The van der Waals surface area contributed by atoms with Gasteiger partial charge in [-0.2, -0.15) is 0 Å². The number of allylic oxidation sites excluding steroid dienone is 14. The highest BCUT2D eigenvalue weighted by atomic mass is 16.6. The van der Waals surface area contributed by atoms with E-state index >= 15 is 0 Å². The summed E-state index contributed by atoms with van der Waals surface area (Å²) in [6.07, 6.45) is 93.2. The normalized spacial score (nSPS) is 12.6. The van der Waals surface area contributed by atoms with E-state index in [4.69, 9.17) is 14.2 Å². The lowest BCUT2D eigenvalue weighted by molar-refractivity contribution is -0.167. The molecule has 0 heterocycles. The van der Waals surface area contributed by atoms with Gasteiger partial charge in [-0.15, -0.1) is 0 Å². The zero-order valence-electron chi connectivity index (χ0n) is 54.5. The molecule has 0 aliphatic carbocycles. The van der Waals surface area contributed by atoms with E-state index in [9.17, 15) is 14.4 Å². The van der Waals surface area contributed by atoms with Gasteiger partial charge >= 0.3 is 17.9 Å². The van der Waals surface area contributed by atoms with E-state index < -0.39 is 6.10 Å². The zero-order chi connectivity index (χ0) is 59.2. The maximum atomic E-state index is 13.0. The number of hydrogen-bond acceptors (Lipinski definition) is 6. The van der Waals surface area contributed by atoms with Crippen LogP contribution in [0.15, 0.2) is 85.1 Å². The first-order valence-corrected chi connectivity index (χ1v) is 35.6. The van der Waals surface area contributed by atoms with E-state index in [1.54, 1.807) is 0 Å². The van der Waals surface area contributed by atoms with E-state index in [1.165, 1.54) is 218 Å². The van der Waals surface area contributed by atoms with Gasteiger partial charge in [0.1, 0.15) is 13.2 Å². The van der Waals surface area contributed by atoms with E-state index in [0.717, 1.165) is 103 Å². The van der Waals surface area contributed by atoms with Crippen LogP contribution >= 0.6 is 0 Å². The van der Waals surface area contributed by atoms with Crippen molar-refractivity contribution in [3.05, 3.63) is 85.1 Å². The highest BCUT2D eigenvalue weighted by Crippen LogP contribution is 2.17. The van der Waals surface area contributed by atoms with E-state index in [0.29, 0.717) is 19.3 Å². The molecule has 0 aliphatic rings. The molecule has 6 nitrogen and oxygen atoms in total. The first-order chi connectivity index (χ1) is 40.5. The average molecular weight is 1140 g/mol. The molecule has 0 spiro atoms. The van der Waals surface area contributed by atoms with E-state index in [-0.39, 0.29) is 31.1 Å². The second-order valence-electron chi connectivity index (χ2n) is 23.8. The topological polar surface area (TPSA) is 78.9 Å². The lowest BCUT2D eigenvalue weighted by Gasteiger charge is -2.18. The second-order valence-corrected chi connectivity index (χ2v) is 23.8. The van der Waals surface area contributed by atoms with Crippen molar-refractivity contribution in [1.82, 2.24) is 0 Å². The fourth-order valence-corrected chi connectivity index (χ4v) is 10.3. The Bertz CT molecular complexity index is 1550. The van der Waals surface area contributed by atoms with Gasteiger partial charge < -0.3 is 14.2 Å². The molecule has 0 aromatic heterocycles. The van der Waals surface area contributed by atoms with Crippen molar-refractivity contribution < 1.29 is 28.6 Å². The fourth-order valence-electron chi connectivity index (χ4n) is 10.3. The molecule has 1 unspecified atom stereocenters. The third-order valence-electron chi connectivity index (χ3n) is 15.6. The number of esters is 3. The highest BCUT2D eigenvalue weighted by Gasteiger charge is 2.19. The average Bonchev–Trinajstić information content (AvgIpc) is 3.47. The van der Waals surface area contributed by atoms with Gasteiger partial charge in [-0.25, -0.2) is 0 Å². The molecule has 0 aromatic rings. The summed E-state index contributed by atoms with van der Waals surface area (Å²) in [5.41, 5.74) is 0. The zero-order valence-corrected chi connectivity index (χ0v) is 54.5. The minimum atomic E-state index is -0.788. The molecule has 1 atom stereocenters. The third kappa shape index (κ3) is 67.4. The quantitative estimate of drug-likeness (QED) is 0.0261. The SMILES string of the molecule is CC/C=C\C/C=C\C/C=C\C/C=C\CCCCCCCCC(=O)OC(COC(=O)CCCCCCCCC/C=C\CCCCCCCCC)COC(=O)CCCCCCCCCCCCCCCCC/C=C\C/C=C\CCCCCCC. The number of carbonyl (C=O) groups excluding carboxylic acids is 3. The van der Waals surface area contributed by atoms with Crippen molar-refractivity contribution in [3.8, 4) is 0 Å². The van der Waals surface area contributed by atoms with Gasteiger partial charge in [-0.3, -0.25) is 14.4 Å². The van der Waals surface area contributed by atoms with Crippen LogP contribution in [-0.4, -0.2) is 37.2 Å². The van der Waals surface area contributed by atoms with Gasteiger partial charge in [0.15, 0.2) is 6.10 Å². The summed E-state index contributed by atoms with van der Waals surface area (Å²) in [7, 11) is 0. The van der Waals surface area contributed by atoms with Crippen molar-refractivity contribution >= 4 is 17.9 Å². The monoisotopic (exact) mass is 1140 g/mol. The Balaban J connectivity index is 4.33. The Labute approximate surface area is 509 Å². The molecule has 0 rings (SSSR count). The fraction of sp³-hybridized carbons (Fsp3) is 0.776. The standard InChI is InChI=1S/C76H134O6/c1-4-7-10-13-16-19-22-25-28-31-34-35-36-37-38-39-40-41-43-45-48-51-54-57-60-63-66-69-75(78)81-72-73(71-80-74(77)68-65-62-59-56-53-50-47-44-33-30-27-24-21-18-15-12-9-6-3)82-76(79)70-67-64-61-58-55-52-49-46-42-32-29-26-23-20-17-14-11-8-5-2/h8,11,17,20,22,25-26,29-31,33-34,42,46,73H,4-7,9-10,12-16,18-19,21,23-24,27-28,32,35-41,43-45,47-72H2,1-3H3/b11-8-,20-17-,25-22-,29-26-,33-30-,34-31-,46-42-. The maximum Gasteiger partial charge on any atom is 0.306 e. The van der Waals surface area contributed by atoms with Crippen LogP contribution in [0.4, 0.5) is 0 Å².